The van der Waals surface area contributed by atoms with E-state index < -0.39 is 0 Å². The molecule has 2 aliphatic rings. The van der Waals surface area contributed by atoms with Crippen molar-refractivity contribution < 1.29 is 0 Å². The van der Waals surface area contributed by atoms with Crippen molar-refractivity contribution in [1.29, 1.82) is 0 Å². The average molecular weight is 493 g/mol. The van der Waals surface area contributed by atoms with Gasteiger partial charge in [0.25, 0.3) is 0 Å². The van der Waals surface area contributed by atoms with Gasteiger partial charge in [0.2, 0.25) is 0 Å². The Labute approximate surface area is 221 Å². The van der Waals surface area contributed by atoms with Crippen LogP contribution in [0.3, 0.4) is 0 Å². The molecule has 2 aliphatic carbocycles. The van der Waals surface area contributed by atoms with E-state index in [0.29, 0.717) is 0 Å². The molecule has 2 aromatic carbocycles. The molecule has 0 nitrogen and oxygen atoms in total. The molecule has 0 amide bonds. The number of rotatable bonds is 12. The van der Waals surface area contributed by atoms with Crippen LogP contribution in [-0.4, -0.2) is 0 Å². The maximum atomic E-state index is 6.01. The lowest BCUT2D eigenvalue weighted by Crippen LogP contribution is -2.18. The van der Waals surface area contributed by atoms with E-state index in [0.717, 1.165) is 41.5 Å². The Morgan fingerprint density at radius 2 is 1.06 bits per heavy atom. The third-order valence-electron chi connectivity index (χ3n) is 9.33. The van der Waals surface area contributed by atoms with Crippen LogP contribution < -0.4 is 0 Å². The van der Waals surface area contributed by atoms with Crippen molar-refractivity contribution in [2.24, 2.45) is 17.8 Å². The third kappa shape index (κ3) is 8.96. The first kappa shape index (κ1) is 26.8. The van der Waals surface area contributed by atoms with Crippen LogP contribution in [-0.2, 0) is 12.8 Å². The van der Waals surface area contributed by atoms with Crippen molar-refractivity contribution in [2.75, 3.05) is 0 Å². The van der Waals surface area contributed by atoms with Crippen LogP contribution in [0.4, 0.5) is 0 Å². The van der Waals surface area contributed by atoms with E-state index in [9.17, 15) is 0 Å². The second-order valence-electron chi connectivity index (χ2n) is 11.9. The standard InChI is InChI=1S/C34H49Cl/c1-2-3-4-5-6-27-7-9-28(10-8-27)11-12-29-15-21-32(22-16-29)33-23-17-30(18-24-33)13-14-31-19-25-34(35)26-20-31/h17-20,23-29,32H,2-16,21-22H2,1H3/t27-,28-,29-,32-. The smallest absolute Gasteiger partial charge is 0.0406 e. The molecule has 0 radical (unpaired) electrons. The lowest BCUT2D eigenvalue weighted by molar-refractivity contribution is 0.222. The molecule has 0 spiro atoms. The molecule has 0 aromatic heterocycles. The van der Waals surface area contributed by atoms with Gasteiger partial charge < -0.3 is 0 Å². The van der Waals surface area contributed by atoms with E-state index in [1.807, 2.05) is 12.1 Å². The van der Waals surface area contributed by atoms with E-state index in [2.05, 4.69) is 43.3 Å². The highest BCUT2D eigenvalue weighted by molar-refractivity contribution is 6.30. The first-order valence-electron chi connectivity index (χ1n) is 15.0. The number of halogens is 1. The average Bonchev–Trinajstić information content (AvgIpc) is 2.91. The van der Waals surface area contributed by atoms with Crippen LogP contribution in [0.25, 0.3) is 0 Å². The zero-order valence-electron chi connectivity index (χ0n) is 22.3. The van der Waals surface area contributed by atoms with Gasteiger partial charge >= 0.3 is 0 Å². The molecule has 0 N–H and O–H groups in total. The molecule has 0 heterocycles. The summed E-state index contributed by atoms with van der Waals surface area (Å²) in [7, 11) is 0. The normalized spacial score (nSPS) is 25.0. The molecular formula is C34H49Cl. The van der Waals surface area contributed by atoms with Gasteiger partial charge in [0.15, 0.2) is 0 Å². The Hall–Kier alpha value is -1.27. The van der Waals surface area contributed by atoms with Crippen molar-refractivity contribution >= 4 is 11.6 Å². The van der Waals surface area contributed by atoms with Crippen molar-refractivity contribution in [3.05, 3.63) is 70.2 Å². The number of aryl methyl sites for hydroxylation is 2. The molecular weight excluding hydrogens is 444 g/mol. The monoisotopic (exact) mass is 492 g/mol. The summed E-state index contributed by atoms with van der Waals surface area (Å²) >= 11 is 6.01. The molecule has 0 saturated heterocycles. The van der Waals surface area contributed by atoms with Crippen LogP contribution in [0.5, 0.6) is 0 Å². The Bertz CT molecular complexity index is 820. The lowest BCUT2D eigenvalue weighted by Gasteiger charge is -2.32. The lowest BCUT2D eigenvalue weighted by atomic mass is 9.74. The van der Waals surface area contributed by atoms with Gasteiger partial charge in [0.1, 0.15) is 0 Å². The third-order valence-corrected chi connectivity index (χ3v) is 9.58. The number of hydrogen-bond donors (Lipinski definition) is 0. The first-order valence-corrected chi connectivity index (χ1v) is 15.4. The minimum Gasteiger partial charge on any atom is -0.0843 e. The summed E-state index contributed by atoms with van der Waals surface area (Å²) in [6.45, 7) is 2.32. The van der Waals surface area contributed by atoms with E-state index in [4.69, 9.17) is 11.6 Å². The highest BCUT2D eigenvalue weighted by atomic mass is 35.5. The van der Waals surface area contributed by atoms with Crippen molar-refractivity contribution in [3.8, 4) is 0 Å². The van der Waals surface area contributed by atoms with Crippen LogP contribution in [0.15, 0.2) is 48.5 Å². The summed E-state index contributed by atoms with van der Waals surface area (Å²) in [4.78, 5) is 0. The topological polar surface area (TPSA) is 0 Å². The van der Waals surface area contributed by atoms with Gasteiger partial charge in [0, 0.05) is 5.02 Å². The number of hydrogen-bond acceptors (Lipinski definition) is 0. The van der Waals surface area contributed by atoms with E-state index in [1.54, 1.807) is 5.56 Å². The summed E-state index contributed by atoms with van der Waals surface area (Å²) in [6.07, 6.45) is 24.3. The quantitative estimate of drug-likeness (QED) is 0.258. The predicted octanol–water partition coefficient (Wildman–Crippen LogP) is 11.0. The van der Waals surface area contributed by atoms with Crippen LogP contribution in [0, 0.1) is 17.8 Å². The van der Waals surface area contributed by atoms with E-state index >= 15 is 0 Å². The first-order chi connectivity index (χ1) is 17.2. The van der Waals surface area contributed by atoms with Crippen LogP contribution in [0.1, 0.15) is 126 Å². The molecule has 4 rings (SSSR count). The van der Waals surface area contributed by atoms with Gasteiger partial charge in [-0.05, 0) is 91.0 Å². The zero-order chi connectivity index (χ0) is 24.3. The van der Waals surface area contributed by atoms with Gasteiger partial charge in [0.05, 0.1) is 0 Å². The molecule has 2 aromatic rings. The summed E-state index contributed by atoms with van der Waals surface area (Å²) in [5, 5.41) is 0.823. The second-order valence-corrected chi connectivity index (χ2v) is 12.3. The van der Waals surface area contributed by atoms with Gasteiger partial charge in [-0.15, -0.1) is 0 Å². The van der Waals surface area contributed by atoms with Gasteiger partial charge in [-0.1, -0.05) is 126 Å². The van der Waals surface area contributed by atoms with Gasteiger partial charge in [-0.25, -0.2) is 0 Å². The predicted molar refractivity (Wildman–Crippen MR) is 153 cm³/mol. The van der Waals surface area contributed by atoms with Gasteiger partial charge in [-0.3, -0.25) is 0 Å². The summed E-state index contributed by atoms with van der Waals surface area (Å²) in [6, 6.07) is 17.9. The Morgan fingerprint density at radius 3 is 1.60 bits per heavy atom. The molecule has 0 unspecified atom stereocenters. The van der Waals surface area contributed by atoms with E-state index in [1.165, 1.54) is 107 Å². The summed E-state index contributed by atoms with van der Waals surface area (Å²) < 4.78 is 0. The maximum absolute atomic E-state index is 6.01. The summed E-state index contributed by atoms with van der Waals surface area (Å²) in [5.74, 6) is 3.89. The van der Waals surface area contributed by atoms with E-state index in [-0.39, 0.29) is 0 Å². The van der Waals surface area contributed by atoms with Gasteiger partial charge in [-0.2, -0.15) is 0 Å². The number of unbranched alkanes of at least 4 members (excludes halogenated alkanes) is 3. The minimum absolute atomic E-state index is 0.791. The fourth-order valence-electron chi connectivity index (χ4n) is 6.82. The van der Waals surface area contributed by atoms with Crippen LogP contribution in [0.2, 0.25) is 5.02 Å². The maximum Gasteiger partial charge on any atom is 0.0406 e. The molecule has 0 atom stereocenters. The van der Waals surface area contributed by atoms with Crippen LogP contribution >= 0.6 is 11.6 Å². The fraction of sp³-hybridized carbons (Fsp3) is 0.647. The SMILES string of the molecule is CCCCCC[C@H]1CC[C@H](CC[C@H]2CC[C@H](c3ccc(CCc4ccc(Cl)cc4)cc3)CC2)CC1. The molecule has 1 heteroatoms. The van der Waals surface area contributed by atoms with Crippen molar-refractivity contribution in [3.63, 3.8) is 0 Å². The molecule has 35 heavy (non-hydrogen) atoms. The number of benzene rings is 2. The van der Waals surface area contributed by atoms with Crippen molar-refractivity contribution in [1.82, 2.24) is 0 Å². The molecule has 192 valence electrons. The Kier molecular flexibility index (Phi) is 11.1. The Balaban J connectivity index is 1.10. The summed E-state index contributed by atoms with van der Waals surface area (Å²) in [5.41, 5.74) is 4.40. The largest absolute Gasteiger partial charge is 0.0843 e. The fourth-order valence-corrected chi connectivity index (χ4v) is 6.95. The molecule has 2 saturated carbocycles. The minimum atomic E-state index is 0.791. The molecule has 0 bridgehead atoms. The second kappa shape index (κ2) is 14.5. The molecule has 2 fully saturated rings. The molecule has 0 aliphatic heterocycles. The van der Waals surface area contributed by atoms with Crippen molar-refractivity contribution in [2.45, 2.75) is 122 Å². The zero-order valence-corrected chi connectivity index (χ0v) is 23.1. The highest BCUT2D eigenvalue weighted by Crippen LogP contribution is 2.40. The Morgan fingerprint density at radius 1 is 0.571 bits per heavy atom. The highest BCUT2D eigenvalue weighted by Gasteiger charge is 2.25.